The minimum Gasteiger partial charge on any atom is -0.457 e. The van der Waals surface area contributed by atoms with Crippen molar-refractivity contribution in [1.29, 1.82) is 0 Å². The summed E-state index contributed by atoms with van der Waals surface area (Å²) in [4.78, 5) is 21.2. The summed E-state index contributed by atoms with van der Waals surface area (Å²) in [5, 5.41) is 5.34. The van der Waals surface area contributed by atoms with Crippen molar-refractivity contribution >= 4 is 29.0 Å². The number of amides is 1. The molecule has 1 aliphatic rings. The molecule has 0 fully saturated rings. The molecule has 11 heteroatoms. The first kappa shape index (κ1) is 26.4. The summed E-state index contributed by atoms with van der Waals surface area (Å²) in [6.45, 7) is 1.15. The Bertz CT molecular complexity index is 1300. The minimum atomic E-state index is -4.61. The minimum absolute atomic E-state index is 0.0298. The number of aromatic nitrogens is 1. The Morgan fingerprint density at radius 2 is 1.97 bits per heavy atom. The molecule has 2 aromatic carbocycles. The molecule has 0 spiro atoms. The topological polar surface area (TPSA) is 84.8 Å². The van der Waals surface area contributed by atoms with Gasteiger partial charge in [-0.25, -0.2) is 0 Å². The molecule has 1 aromatic heterocycles. The summed E-state index contributed by atoms with van der Waals surface area (Å²) < 4.78 is 50.3. The number of ether oxygens (including phenoxy) is 2. The number of alkyl halides is 3. The number of rotatable bonds is 9. The van der Waals surface area contributed by atoms with E-state index in [2.05, 4.69) is 20.6 Å². The molecule has 0 bridgehead atoms. The highest BCUT2D eigenvalue weighted by molar-refractivity contribution is 6.31. The number of amidine groups is 1. The first-order valence-electron chi connectivity index (χ1n) is 11.4. The fourth-order valence-electron chi connectivity index (χ4n) is 3.74. The molecule has 194 valence electrons. The van der Waals surface area contributed by atoms with Crippen LogP contribution in [-0.4, -0.2) is 43.0 Å². The lowest BCUT2D eigenvalue weighted by Crippen LogP contribution is -2.34. The van der Waals surface area contributed by atoms with Crippen LogP contribution in [0, 0.1) is 0 Å². The van der Waals surface area contributed by atoms with Crippen LogP contribution in [0.4, 0.5) is 18.9 Å². The molecule has 4 rings (SSSR count). The van der Waals surface area contributed by atoms with E-state index in [4.69, 9.17) is 21.1 Å². The highest BCUT2D eigenvalue weighted by atomic mass is 35.5. The summed E-state index contributed by atoms with van der Waals surface area (Å²) in [6, 6.07) is 14.1. The van der Waals surface area contributed by atoms with E-state index < -0.39 is 22.7 Å². The Labute approximate surface area is 216 Å². The van der Waals surface area contributed by atoms with Gasteiger partial charge in [-0.05, 0) is 48.4 Å². The Morgan fingerprint density at radius 3 is 2.76 bits per heavy atom. The van der Waals surface area contributed by atoms with Gasteiger partial charge in [-0.3, -0.25) is 14.8 Å². The normalized spacial score (nSPS) is 15.2. The number of carbonyl (C=O) groups is 1. The molecule has 2 heterocycles. The SMILES string of the molecule is COC[C@@H]1CN=C(c2cc(Oc3cccc(CCC(=O)Nc4ccc(Cl)c(C(F)(F)F)c4)c3)ccn2)N1. The second kappa shape index (κ2) is 11.6. The molecule has 3 aromatic rings. The van der Waals surface area contributed by atoms with E-state index in [-0.39, 0.29) is 18.2 Å². The van der Waals surface area contributed by atoms with E-state index in [1.807, 2.05) is 6.07 Å². The number of benzene rings is 2. The van der Waals surface area contributed by atoms with Crippen molar-refractivity contribution < 1.29 is 27.4 Å². The standard InChI is InChI=1S/C26H24ClF3N4O3/c1-36-15-18-14-32-25(34-18)23-13-20(9-10-31-23)37-19-4-2-3-16(11-19)5-8-24(35)33-17-6-7-22(27)21(12-17)26(28,29)30/h2-4,6-7,9-13,18H,5,8,14-15H2,1H3,(H,32,34)(H,33,35)/t18-/m0/s1. The third-order valence-electron chi connectivity index (χ3n) is 5.48. The average molecular weight is 533 g/mol. The van der Waals surface area contributed by atoms with Gasteiger partial charge in [0.2, 0.25) is 5.91 Å². The van der Waals surface area contributed by atoms with Gasteiger partial charge in [0, 0.05) is 31.5 Å². The molecule has 1 aliphatic heterocycles. The van der Waals surface area contributed by atoms with Gasteiger partial charge < -0.3 is 20.1 Å². The lowest BCUT2D eigenvalue weighted by Gasteiger charge is -2.12. The molecule has 1 atom stereocenters. The first-order valence-corrected chi connectivity index (χ1v) is 11.8. The number of methoxy groups -OCH3 is 1. The van der Waals surface area contributed by atoms with Crippen LogP contribution in [0.25, 0.3) is 0 Å². The van der Waals surface area contributed by atoms with Gasteiger partial charge in [-0.2, -0.15) is 13.2 Å². The maximum Gasteiger partial charge on any atom is 0.417 e. The van der Waals surface area contributed by atoms with E-state index >= 15 is 0 Å². The third-order valence-corrected chi connectivity index (χ3v) is 5.81. The smallest absolute Gasteiger partial charge is 0.417 e. The van der Waals surface area contributed by atoms with Crippen LogP contribution in [0.3, 0.4) is 0 Å². The maximum atomic E-state index is 13.0. The van der Waals surface area contributed by atoms with E-state index in [0.29, 0.717) is 42.6 Å². The van der Waals surface area contributed by atoms with Gasteiger partial charge in [0.1, 0.15) is 23.0 Å². The number of nitrogens with one attached hydrogen (secondary N) is 2. The Hall–Kier alpha value is -3.63. The molecule has 7 nitrogen and oxygen atoms in total. The van der Waals surface area contributed by atoms with Crippen molar-refractivity contribution in [1.82, 2.24) is 10.3 Å². The molecule has 0 saturated heterocycles. The molecule has 2 N–H and O–H groups in total. The Morgan fingerprint density at radius 1 is 1.16 bits per heavy atom. The predicted octanol–water partition coefficient (Wildman–Crippen LogP) is 5.48. The number of hydrogen-bond donors (Lipinski definition) is 2. The van der Waals surface area contributed by atoms with Crippen LogP contribution in [0.2, 0.25) is 5.02 Å². The Balaban J connectivity index is 1.34. The highest BCUT2D eigenvalue weighted by Crippen LogP contribution is 2.36. The van der Waals surface area contributed by atoms with Crippen molar-refractivity contribution in [3.63, 3.8) is 0 Å². The van der Waals surface area contributed by atoms with Gasteiger partial charge in [0.15, 0.2) is 0 Å². The van der Waals surface area contributed by atoms with Gasteiger partial charge in [0.25, 0.3) is 0 Å². The fraction of sp³-hybridized carbons (Fsp3) is 0.269. The van der Waals surface area contributed by atoms with Gasteiger partial charge in [0.05, 0.1) is 29.8 Å². The molecular formula is C26H24ClF3N4O3. The lowest BCUT2D eigenvalue weighted by molar-refractivity contribution is -0.137. The van der Waals surface area contributed by atoms with Crippen LogP contribution >= 0.6 is 11.6 Å². The first-order chi connectivity index (χ1) is 17.7. The van der Waals surface area contributed by atoms with E-state index in [1.54, 1.807) is 43.6 Å². The largest absolute Gasteiger partial charge is 0.457 e. The number of aryl methyl sites for hydroxylation is 1. The van der Waals surface area contributed by atoms with E-state index in [1.165, 1.54) is 6.07 Å². The van der Waals surface area contributed by atoms with Crippen LogP contribution in [-0.2, 0) is 22.1 Å². The second-order valence-electron chi connectivity index (χ2n) is 8.35. The van der Waals surface area contributed by atoms with Crippen molar-refractivity contribution in [3.8, 4) is 11.5 Å². The predicted molar refractivity (Wildman–Crippen MR) is 134 cm³/mol. The zero-order chi connectivity index (χ0) is 26.4. The highest BCUT2D eigenvalue weighted by Gasteiger charge is 2.33. The van der Waals surface area contributed by atoms with Gasteiger partial charge in [-0.1, -0.05) is 23.7 Å². The molecule has 37 heavy (non-hydrogen) atoms. The molecule has 1 amide bonds. The van der Waals surface area contributed by atoms with Crippen molar-refractivity contribution in [2.75, 3.05) is 25.6 Å². The molecule has 0 radical (unpaired) electrons. The number of anilines is 1. The average Bonchev–Trinajstić information content (AvgIpc) is 3.33. The number of hydrogen-bond acceptors (Lipinski definition) is 6. The van der Waals surface area contributed by atoms with Crippen LogP contribution in [0.15, 0.2) is 65.8 Å². The number of halogens is 4. The third kappa shape index (κ3) is 7.21. The lowest BCUT2D eigenvalue weighted by atomic mass is 10.1. The monoisotopic (exact) mass is 532 g/mol. The summed E-state index contributed by atoms with van der Waals surface area (Å²) in [5.41, 5.74) is 0.516. The maximum absolute atomic E-state index is 13.0. The number of aliphatic imine (C=N–C) groups is 1. The molecule has 0 unspecified atom stereocenters. The summed E-state index contributed by atoms with van der Waals surface area (Å²) >= 11 is 5.63. The van der Waals surface area contributed by atoms with Crippen LogP contribution in [0.1, 0.15) is 23.2 Å². The fourth-order valence-corrected chi connectivity index (χ4v) is 3.97. The zero-order valence-electron chi connectivity index (χ0n) is 19.8. The summed E-state index contributed by atoms with van der Waals surface area (Å²) in [6.07, 6.45) is -2.54. The number of nitrogens with zero attached hydrogens (tertiary/aromatic N) is 2. The zero-order valence-corrected chi connectivity index (χ0v) is 20.6. The number of pyridine rings is 1. The molecule has 0 saturated carbocycles. The van der Waals surface area contributed by atoms with Gasteiger partial charge >= 0.3 is 6.18 Å². The molecular weight excluding hydrogens is 509 g/mol. The van der Waals surface area contributed by atoms with Crippen molar-refractivity contribution in [2.45, 2.75) is 25.1 Å². The van der Waals surface area contributed by atoms with Crippen molar-refractivity contribution in [2.24, 2.45) is 4.99 Å². The summed E-state index contributed by atoms with van der Waals surface area (Å²) in [7, 11) is 1.64. The van der Waals surface area contributed by atoms with Crippen LogP contribution < -0.4 is 15.4 Å². The quantitative estimate of drug-likeness (QED) is 0.381. The van der Waals surface area contributed by atoms with Gasteiger partial charge in [-0.15, -0.1) is 0 Å². The molecule has 0 aliphatic carbocycles. The van der Waals surface area contributed by atoms with Crippen LogP contribution in [0.5, 0.6) is 11.5 Å². The van der Waals surface area contributed by atoms with Crippen molar-refractivity contribution in [3.05, 3.63) is 82.6 Å². The Kier molecular flexibility index (Phi) is 8.30. The second-order valence-corrected chi connectivity index (χ2v) is 8.76. The van der Waals surface area contributed by atoms with E-state index in [9.17, 15) is 18.0 Å². The summed E-state index contributed by atoms with van der Waals surface area (Å²) in [5.74, 6) is 1.40. The van der Waals surface area contributed by atoms with E-state index in [0.717, 1.165) is 17.7 Å². The number of carbonyl (C=O) groups excluding carboxylic acids is 1.